The average molecular weight is 637 g/mol. The second-order valence-electron chi connectivity index (χ2n) is 8.72. The minimum absolute atomic E-state index is 0.0536. The SMILES string of the molecule is CCNC(=O)[C@@H](C)N(Cc1ccc(Br)cc1)C(=O)CN(c1ccc(F)cc1)S(=O)(=O)c1ccc(OC)c(OC)c1. The van der Waals surface area contributed by atoms with Crippen molar-refractivity contribution in [2.24, 2.45) is 0 Å². The highest BCUT2D eigenvalue weighted by Gasteiger charge is 2.33. The van der Waals surface area contributed by atoms with Crippen LogP contribution in [-0.2, 0) is 26.2 Å². The van der Waals surface area contributed by atoms with Gasteiger partial charge in [0.05, 0.1) is 24.8 Å². The molecule has 0 saturated carbocycles. The van der Waals surface area contributed by atoms with Gasteiger partial charge in [0.15, 0.2) is 11.5 Å². The van der Waals surface area contributed by atoms with E-state index in [1.54, 1.807) is 38.1 Å². The maximum absolute atomic E-state index is 13.9. The highest BCUT2D eigenvalue weighted by atomic mass is 79.9. The fourth-order valence-corrected chi connectivity index (χ4v) is 5.63. The molecule has 0 unspecified atom stereocenters. The molecule has 3 aromatic rings. The number of rotatable bonds is 12. The van der Waals surface area contributed by atoms with Crippen LogP contribution in [0, 0.1) is 5.82 Å². The van der Waals surface area contributed by atoms with E-state index in [1.165, 1.54) is 49.5 Å². The molecule has 0 saturated heterocycles. The molecule has 0 aliphatic heterocycles. The number of ether oxygens (including phenoxy) is 2. The lowest BCUT2D eigenvalue weighted by Crippen LogP contribution is -2.51. The Morgan fingerprint density at radius 3 is 2.17 bits per heavy atom. The highest BCUT2D eigenvalue weighted by Crippen LogP contribution is 2.32. The van der Waals surface area contributed by atoms with Crippen LogP contribution in [0.25, 0.3) is 0 Å². The molecule has 2 amide bonds. The van der Waals surface area contributed by atoms with Gasteiger partial charge >= 0.3 is 0 Å². The van der Waals surface area contributed by atoms with Gasteiger partial charge in [0.25, 0.3) is 10.0 Å². The Labute approximate surface area is 242 Å². The molecule has 0 aliphatic rings. The van der Waals surface area contributed by atoms with E-state index in [9.17, 15) is 22.4 Å². The van der Waals surface area contributed by atoms with Gasteiger partial charge in [0, 0.05) is 23.6 Å². The van der Waals surface area contributed by atoms with Crippen LogP contribution in [0.2, 0.25) is 0 Å². The lowest BCUT2D eigenvalue weighted by atomic mass is 10.1. The van der Waals surface area contributed by atoms with Crippen LogP contribution >= 0.6 is 15.9 Å². The Bertz CT molecular complexity index is 1440. The molecule has 12 heteroatoms. The van der Waals surface area contributed by atoms with E-state index in [0.29, 0.717) is 12.3 Å². The van der Waals surface area contributed by atoms with Crippen molar-refractivity contribution in [3.63, 3.8) is 0 Å². The molecule has 0 fully saturated rings. The predicted octanol–water partition coefficient (Wildman–Crippen LogP) is 4.35. The molecule has 1 N–H and O–H groups in total. The fraction of sp³-hybridized carbons (Fsp3) is 0.286. The first-order chi connectivity index (χ1) is 19.0. The third kappa shape index (κ3) is 7.30. The van der Waals surface area contributed by atoms with E-state index in [1.807, 2.05) is 0 Å². The summed E-state index contributed by atoms with van der Waals surface area (Å²) >= 11 is 3.38. The summed E-state index contributed by atoms with van der Waals surface area (Å²) in [4.78, 5) is 27.7. The molecule has 0 radical (unpaired) electrons. The van der Waals surface area contributed by atoms with Crippen molar-refractivity contribution in [1.29, 1.82) is 0 Å². The first kappa shape index (κ1) is 30.9. The van der Waals surface area contributed by atoms with Gasteiger partial charge in [-0.15, -0.1) is 0 Å². The smallest absolute Gasteiger partial charge is 0.264 e. The second-order valence-corrected chi connectivity index (χ2v) is 11.5. The topological polar surface area (TPSA) is 105 Å². The summed E-state index contributed by atoms with van der Waals surface area (Å²) in [5.41, 5.74) is 0.808. The molecule has 3 aromatic carbocycles. The van der Waals surface area contributed by atoms with Crippen LogP contribution in [0.3, 0.4) is 0 Å². The van der Waals surface area contributed by atoms with E-state index in [-0.39, 0.29) is 28.8 Å². The molecule has 1 atom stereocenters. The summed E-state index contributed by atoms with van der Waals surface area (Å²) in [5.74, 6) is -1.09. The number of methoxy groups -OCH3 is 2. The Morgan fingerprint density at radius 1 is 0.975 bits per heavy atom. The summed E-state index contributed by atoms with van der Waals surface area (Å²) < 4.78 is 53.8. The van der Waals surface area contributed by atoms with Crippen LogP contribution < -0.4 is 19.1 Å². The number of hydrogen-bond acceptors (Lipinski definition) is 6. The quantitative estimate of drug-likeness (QED) is 0.317. The summed E-state index contributed by atoms with van der Waals surface area (Å²) in [6.07, 6.45) is 0. The Hall–Kier alpha value is -3.64. The number of halogens is 2. The van der Waals surface area contributed by atoms with E-state index in [0.717, 1.165) is 26.5 Å². The summed E-state index contributed by atoms with van der Waals surface area (Å²) in [5, 5.41) is 2.71. The van der Waals surface area contributed by atoms with E-state index in [2.05, 4.69) is 21.2 Å². The van der Waals surface area contributed by atoms with Gasteiger partial charge in [-0.1, -0.05) is 28.1 Å². The number of sulfonamides is 1. The lowest BCUT2D eigenvalue weighted by molar-refractivity contribution is -0.139. The van der Waals surface area contributed by atoms with Gasteiger partial charge in [-0.2, -0.15) is 0 Å². The number of amides is 2. The molecule has 40 heavy (non-hydrogen) atoms. The van der Waals surface area contributed by atoms with Gasteiger partial charge in [0.2, 0.25) is 11.8 Å². The standard InChI is InChI=1S/C28H31BrFN3O6S/c1-5-31-28(35)19(2)32(17-20-6-8-21(29)9-7-20)27(34)18-33(23-12-10-22(30)11-13-23)40(36,37)24-14-15-25(38-3)26(16-24)39-4/h6-16,19H,5,17-18H2,1-4H3,(H,31,35)/t19-/m1/s1. The number of carbonyl (C=O) groups is 2. The number of anilines is 1. The van der Waals surface area contributed by atoms with Gasteiger partial charge in [-0.3, -0.25) is 13.9 Å². The lowest BCUT2D eigenvalue weighted by Gasteiger charge is -2.32. The van der Waals surface area contributed by atoms with E-state index < -0.39 is 34.3 Å². The average Bonchev–Trinajstić information content (AvgIpc) is 2.95. The van der Waals surface area contributed by atoms with Gasteiger partial charge in [-0.25, -0.2) is 12.8 Å². The first-order valence-electron chi connectivity index (χ1n) is 12.3. The van der Waals surface area contributed by atoms with E-state index in [4.69, 9.17) is 9.47 Å². The normalized spacial score (nSPS) is 11.8. The summed E-state index contributed by atoms with van der Waals surface area (Å²) in [6, 6.07) is 15.1. The van der Waals surface area contributed by atoms with Crippen LogP contribution in [0.4, 0.5) is 10.1 Å². The predicted molar refractivity (Wildman–Crippen MR) is 153 cm³/mol. The number of carbonyl (C=O) groups excluding carboxylic acids is 2. The van der Waals surface area contributed by atoms with Crippen LogP contribution in [0.15, 0.2) is 76.1 Å². The number of hydrogen-bond donors (Lipinski definition) is 1. The first-order valence-corrected chi connectivity index (χ1v) is 14.6. The zero-order chi connectivity index (χ0) is 29.4. The maximum Gasteiger partial charge on any atom is 0.264 e. The minimum atomic E-state index is -4.37. The molecule has 3 rings (SSSR count). The Kier molecular flexibility index (Phi) is 10.5. The van der Waals surface area contributed by atoms with Crippen molar-refractivity contribution in [3.8, 4) is 11.5 Å². The third-order valence-electron chi connectivity index (χ3n) is 6.12. The molecular weight excluding hydrogens is 605 g/mol. The zero-order valence-electron chi connectivity index (χ0n) is 22.6. The number of benzene rings is 3. The van der Waals surface area contributed by atoms with E-state index >= 15 is 0 Å². The molecule has 0 heterocycles. The van der Waals surface area contributed by atoms with Crippen molar-refractivity contribution in [2.75, 3.05) is 31.6 Å². The van der Waals surface area contributed by atoms with Crippen LogP contribution in [0.1, 0.15) is 19.4 Å². The van der Waals surface area contributed by atoms with Crippen molar-refractivity contribution in [3.05, 3.63) is 82.6 Å². The molecule has 0 spiro atoms. The maximum atomic E-state index is 13.9. The molecular formula is C28H31BrFN3O6S. The van der Waals surface area contributed by atoms with Gasteiger partial charge in [0.1, 0.15) is 18.4 Å². The number of nitrogens with one attached hydrogen (secondary N) is 1. The molecule has 0 bridgehead atoms. The number of likely N-dealkylation sites (N-methyl/N-ethyl adjacent to an activating group) is 1. The number of nitrogens with zero attached hydrogens (tertiary/aromatic N) is 2. The monoisotopic (exact) mass is 635 g/mol. The minimum Gasteiger partial charge on any atom is -0.493 e. The molecule has 0 aromatic heterocycles. The largest absolute Gasteiger partial charge is 0.493 e. The molecule has 0 aliphatic carbocycles. The third-order valence-corrected chi connectivity index (χ3v) is 8.42. The van der Waals surface area contributed by atoms with Crippen LogP contribution in [-0.4, -0.2) is 58.5 Å². The zero-order valence-corrected chi connectivity index (χ0v) is 25.0. The van der Waals surface area contributed by atoms with Crippen molar-refractivity contribution in [1.82, 2.24) is 10.2 Å². The van der Waals surface area contributed by atoms with Crippen molar-refractivity contribution in [2.45, 2.75) is 31.3 Å². The summed E-state index contributed by atoms with van der Waals surface area (Å²) in [7, 11) is -1.57. The van der Waals surface area contributed by atoms with Gasteiger partial charge in [-0.05, 0) is 67.9 Å². The highest BCUT2D eigenvalue weighted by molar-refractivity contribution is 9.10. The fourth-order valence-electron chi connectivity index (χ4n) is 3.93. The Balaban J connectivity index is 2.06. The van der Waals surface area contributed by atoms with Gasteiger partial charge < -0.3 is 19.7 Å². The molecule has 9 nitrogen and oxygen atoms in total. The van der Waals surface area contributed by atoms with Crippen molar-refractivity contribution < 1.29 is 31.9 Å². The molecule has 214 valence electrons. The summed E-state index contributed by atoms with van der Waals surface area (Å²) in [6.45, 7) is 3.10. The second kappa shape index (κ2) is 13.6. The van der Waals surface area contributed by atoms with Crippen LogP contribution in [0.5, 0.6) is 11.5 Å². The Morgan fingerprint density at radius 2 is 1.60 bits per heavy atom. The van der Waals surface area contributed by atoms with Crippen molar-refractivity contribution >= 4 is 43.5 Å².